The summed E-state index contributed by atoms with van der Waals surface area (Å²) in [6, 6.07) is -4.50. The van der Waals surface area contributed by atoms with Gasteiger partial charge in [0.25, 0.3) is 0 Å². The third-order valence-corrected chi connectivity index (χ3v) is 5.03. The van der Waals surface area contributed by atoms with Crippen LogP contribution < -0.4 is 38.9 Å². The number of carboxylic acid groups (broad SMARTS) is 1. The highest BCUT2D eigenvalue weighted by atomic mass is 32.1. The van der Waals surface area contributed by atoms with Crippen molar-refractivity contribution in [3.8, 4) is 0 Å². The lowest BCUT2D eigenvalue weighted by Crippen LogP contribution is -2.59. The predicted octanol–water partition coefficient (Wildman–Crippen LogP) is -3.24. The summed E-state index contributed by atoms with van der Waals surface area (Å²) in [5, 5.41) is 16.5. The number of hydrogen-bond donors (Lipinski definition) is 9. The fourth-order valence-corrected chi connectivity index (χ4v) is 2.97. The Labute approximate surface area is 203 Å². The van der Waals surface area contributed by atoms with E-state index >= 15 is 0 Å². The van der Waals surface area contributed by atoms with Crippen LogP contribution in [0.4, 0.5) is 0 Å². The van der Waals surface area contributed by atoms with Gasteiger partial charge in [0.1, 0.15) is 18.1 Å². The fourth-order valence-electron chi connectivity index (χ4n) is 2.72. The number of carboxylic acids is 1. The van der Waals surface area contributed by atoms with Gasteiger partial charge in [-0.3, -0.25) is 24.2 Å². The Hall–Kier alpha value is -3.07. The van der Waals surface area contributed by atoms with Crippen molar-refractivity contribution in [1.29, 1.82) is 0 Å². The van der Waals surface area contributed by atoms with E-state index in [9.17, 15) is 29.1 Å². The van der Waals surface area contributed by atoms with Crippen molar-refractivity contribution in [1.82, 2.24) is 16.0 Å². The molecule has 12 N–H and O–H groups in total. The van der Waals surface area contributed by atoms with Crippen LogP contribution in [0.25, 0.3) is 0 Å². The first-order valence-corrected chi connectivity index (χ1v) is 11.3. The Bertz CT molecular complexity index is 759. The van der Waals surface area contributed by atoms with E-state index in [0.29, 0.717) is 13.0 Å². The molecule has 4 unspecified atom stereocenters. The number of nitrogens with one attached hydrogen (secondary N) is 3. The monoisotopic (exact) mass is 504 g/mol. The third-order valence-electron chi connectivity index (χ3n) is 4.66. The molecule has 0 radical (unpaired) electrons. The summed E-state index contributed by atoms with van der Waals surface area (Å²) < 4.78 is 0. The largest absolute Gasteiger partial charge is 0.480 e. The molecule has 0 aromatic heterocycles. The molecule has 0 aromatic rings. The van der Waals surface area contributed by atoms with Crippen LogP contribution in [0, 0.1) is 5.92 Å². The summed E-state index contributed by atoms with van der Waals surface area (Å²) in [6.07, 6.45) is 0.268. The highest BCUT2D eigenvalue weighted by molar-refractivity contribution is 7.80. The number of primary amides is 1. The van der Waals surface area contributed by atoms with Crippen molar-refractivity contribution in [2.75, 3.05) is 12.3 Å². The van der Waals surface area contributed by atoms with E-state index in [1.165, 1.54) is 0 Å². The van der Waals surface area contributed by atoms with Gasteiger partial charge < -0.3 is 44.0 Å². The van der Waals surface area contributed by atoms with Crippen molar-refractivity contribution in [3.63, 3.8) is 0 Å². The number of carbonyl (C=O) groups excluding carboxylic acids is 4. The topological polar surface area (TPSA) is 258 Å². The summed E-state index contributed by atoms with van der Waals surface area (Å²) in [5.74, 6) is -4.70. The molecule has 0 fully saturated rings. The number of nitrogens with zero attached hydrogens (tertiary/aromatic N) is 1. The Morgan fingerprint density at radius 2 is 1.50 bits per heavy atom. The van der Waals surface area contributed by atoms with E-state index in [1.54, 1.807) is 13.8 Å². The number of aliphatic carboxylic acids is 1. The van der Waals surface area contributed by atoms with Crippen molar-refractivity contribution in [3.05, 3.63) is 0 Å². The van der Waals surface area contributed by atoms with E-state index in [-0.39, 0.29) is 31.0 Å². The second-order valence-electron chi connectivity index (χ2n) is 7.93. The summed E-state index contributed by atoms with van der Waals surface area (Å²) >= 11 is 4.08. The molecule has 0 aliphatic heterocycles. The van der Waals surface area contributed by atoms with Gasteiger partial charge in [-0.2, -0.15) is 12.6 Å². The van der Waals surface area contributed by atoms with E-state index in [4.69, 9.17) is 22.9 Å². The maximum Gasteiger partial charge on any atom is 0.326 e. The van der Waals surface area contributed by atoms with Gasteiger partial charge in [0, 0.05) is 18.7 Å². The van der Waals surface area contributed by atoms with Gasteiger partial charge in [0.05, 0.1) is 6.04 Å². The maximum atomic E-state index is 12.7. The minimum absolute atomic E-state index is 0.0730. The summed E-state index contributed by atoms with van der Waals surface area (Å²) in [7, 11) is 0. The number of aliphatic imine (C=N–C) groups is 1. The quantitative estimate of drug-likeness (QED) is 0.0442. The van der Waals surface area contributed by atoms with Crippen molar-refractivity contribution < 1.29 is 29.1 Å². The zero-order chi connectivity index (χ0) is 26.4. The minimum atomic E-state index is -1.37. The Balaban J connectivity index is 5.07. The van der Waals surface area contributed by atoms with Gasteiger partial charge in [0.15, 0.2) is 5.96 Å². The molecule has 0 aliphatic carbocycles. The van der Waals surface area contributed by atoms with E-state index < -0.39 is 59.7 Å². The van der Waals surface area contributed by atoms with Crippen LogP contribution in [-0.4, -0.2) is 77.1 Å². The summed E-state index contributed by atoms with van der Waals surface area (Å²) in [4.78, 5) is 63.8. The van der Waals surface area contributed by atoms with Crippen LogP contribution in [0.5, 0.6) is 0 Å². The highest BCUT2D eigenvalue weighted by Crippen LogP contribution is 2.06. The molecule has 0 aromatic carbocycles. The van der Waals surface area contributed by atoms with Gasteiger partial charge in [-0.1, -0.05) is 13.8 Å². The lowest BCUT2D eigenvalue weighted by Gasteiger charge is -2.26. The molecule has 4 amide bonds. The van der Waals surface area contributed by atoms with E-state index in [1.807, 2.05) is 0 Å². The molecule has 0 bridgehead atoms. The van der Waals surface area contributed by atoms with Crippen molar-refractivity contribution in [2.24, 2.45) is 33.8 Å². The van der Waals surface area contributed by atoms with Gasteiger partial charge in [-0.15, -0.1) is 0 Å². The molecular formula is C19H36N8O6S. The Kier molecular flexibility index (Phi) is 14.3. The first-order chi connectivity index (χ1) is 15.8. The molecule has 0 saturated carbocycles. The molecule has 15 heteroatoms. The van der Waals surface area contributed by atoms with E-state index in [0.717, 1.165) is 0 Å². The van der Waals surface area contributed by atoms with Crippen molar-refractivity contribution >= 4 is 48.2 Å². The number of rotatable bonds is 16. The van der Waals surface area contributed by atoms with Crippen LogP contribution >= 0.6 is 12.6 Å². The third kappa shape index (κ3) is 12.2. The zero-order valence-electron chi connectivity index (χ0n) is 19.3. The smallest absolute Gasteiger partial charge is 0.326 e. The van der Waals surface area contributed by atoms with Gasteiger partial charge in [-0.25, -0.2) is 4.79 Å². The van der Waals surface area contributed by atoms with Crippen molar-refractivity contribution in [2.45, 2.75) is 63.7 Å². The van der Waals surface area contributed by atoms with Crippen LogP contribution in [0.15, 0.2) is 4.99 Å². The first-order valence-electron chi connectivity index (χ1n) is 10.6. The Morgan fingerprint density at radius 3 is 1.97 bits per heavy atom. The summed E-state index contributed by atoms with van der Waals surface area (Å²) in [6.45, 7) is 3.58. The lowest BCUT2D eigenvalue weighted by molar-refractivity contribution is -0.143. The van der Waals surface area contributed by atoms with Crippen LogP contribution in [0.3, 0.4) is 0 Å². The van der Waals surface area contributed by atoms with Gasteiger partial charge in [-0.05, 0) is 25.2 Å². The van der Waals surface area contributed by atoms with Gasteiger partial charge >= 0.3 is 5.97 Å². The molecule has 4 atom stereocenters. The number of thiol groups is 1. The zero-order valence-corrected chi connectivity index (χ0v) is 20.2. The molecule has 14 nitrogen and oxygen atoms in total. The first kappa shape index (κ1) is 30.9. The predicted molar refractivity (Wildman–Crippen MR) is 128 cm³/mol. The van der Waals surface area contributed by atoms with Gasteiger partial charge in [0.2, 0.25) is 23.6 Å². The molecule has 0 saturated heterocycles. The number of guanidine groups is 1. The van der Waals surface area contributed by atoms with Crippen LogP contribution in [0.2, 0.25) is 0 Å². The molecule has 0 rings (SSSR count). The average Bonchev–Trinajstić information content (AvgIpc) is 2.74. The molecule has 34 heavy (non-hydrogen) atoms. The molecule has 0 aliphatic rings. The molecule has 0 heterocycles. The lowest BCUT2D eigenvalue weighted by atomic mass is 10.0. The number of amides is 4. The normalized spacial score (nSPS) is 14.3. The molecule has 0 spiro atoms. The summed E-state index contributed by atoms with van der Waals surface area (Å²) in [5.41, 5.74) is 21.3. The highest BCUT2D eigenvalue weighted by Gasteiger charge is 2.31. The number of carbonyl (C=O) groups is 5. The standard InChI is InChI=1S/C19H36N8O6S/c1-9(2)14(17(31)25-11(18(32)33)5-6-13(21)28)27-16(30)12(8-34)26-15(29)10(20)4-3-7-24-19(22)23/h9-12,14,34H,3-8,20H2,1-2H3,(H2,21,28)(H,25,31)(H,26,29)(H,27,30)(H,32,33)(H4,22,23,24). The second-order valence-corrected chi connectivity index (χ2v) is 8.30. The van der Waals surface area contributed by atoms with Crippen LogP contribution in [-0.2, 0) is 24.0 Å². The molecule has 194 valence electrons. The maximum absolute atomic E-state index is 12.7. The second kappa shape index (κ2) is 15.7. The SMILES string of the molecule is CC(C)C(NC(=O)C(CS)NC(=O)C(N)CCCN=C(N)N)C(=O)NC(CCC(N)=O)C(=O)O. The number of hydrogen-bond acceptors (Lipinski definition) is 8. The molecular weight excluding hydrogens is 468 g/mol. The Morgan fingerprint density at radius 1 is 0.912 bits per heavy atom. The average molecular weight is 505 g/mol. The van der Waals surface area contributed by atoms with Crippen LogP contribution in [0.1, 0.15) is 39.5 Å². The minimum Gasteiger partial charge on any atom is -0.480 e. The fraction of sp³-hybridized carbons (Fsp3) is 0.684. The van der Waals surface area contributed by atoms with E-state index in [2.05, 4.69) is 33.6 Å². The number of nitrogens with two attached hydrogens (primary N) is 4.